The highest BCUT2D eigenvalue weighted by atomic mass is 16.6. The Morgan fingerprint density at radius 3 is 2.83 bits per heavy atom. The summed E-state index contributed by atoms with van der Waals surface area (Å²) in [5.74, 6) is 1.98. The molecule has 1 atom stereocenters. The second-order valence-corrected chi connectivity index (χ2v) is 6.86. The normalized spacial score (nSPS) is 14.9. The van der Waals surface area contributed by atoms with E-state index in [4.69, 9.17) is 14.2 Å². The predicted octanol–water partition coefficient (Wildman–Crippen LogP) is 3.57. The molecule has 1 aliphatic heterocycles. The Morgan fingerprint density at radius 1 is 1.14 bits per heavy atom. The van der Waals surface area contributed by atoms with Gasteiger partial charge in [-0.3, -0.25) is 9.78 Å². The fraction of sp³-hybridized carbons (Fsp3) is 0.217. The van der Waals surface area contributed by atoms with Gasteiger partial charge in [-0.05, 0) is 36.4 Å². The standard InChI is InChI=1S/C23H22N2O4/c1-25(14-20-16-28-21-9-2-3-10-22(21)29-20)23(26)18-7-4-8-19(12-18)27-15-17-6-5-11-24-13-17/h2-13,20H,14-16H2,1H3. The monoisotopic (exact) mass is 390 g/mol. The van der Waals surface area contributed by atoms with Crippen molar-refractivity contribution in [3.05, 3.63) is 84.2 Å². The first-order valence-corrected chi connectivity index (χ1v) is 9.45. The Labute approximate surface area is 169 Å². The minimum atomic E-state index is -0.219. The zero-order valence-electron chi connectivity index (χ0n) is 16.2. The molecular formula is C23H22N2O4. The van der Waals surface area contributed by atoms with E-state index in [9.17, 15) is 4.79 Å². The Kier molecular flexibility index (Phi) is 5.61. The number of hydrogen-bond donors (Lipinski definition) is 0. The maximum absolute atomic E-state index is 12.9. The molecule has 0 aliphatic carbocycles. The number of pyridine rings is 1. The van der Waals surface area contributed by atoms with Crippen LogP contribution in [0.15, 0.2) is 73.1 Å². The SMILES string of the molecule is CN(CC1COc2ccccc2O1)C(=O)c1cccc(OCc2cccnc2)c1. The Morgan fingerprint density at radius 2 is 2.00 bits per heavy atom. The Bertz CT molecular complexity index is 977. The molecule has 148 valence electrons. The van der Waals surface area contributed by atoms with Crippen molar-refractivity contribution in [2.24, 2.45) is 0 Å². The summed E-state index contributed by atoms with van der Waals surface area (Å²) in [4.78, 5) is 18.6. The number of nitrogens with zero attached hydrogens (tertiary/aromatic N) is 2. The van der Waals surface area contributed by atoms with Crippen LogP contribution in [0, 0.1) is 0 Å². The number of aromatic nitrogens is 1. The quantitative estimate of drug-likeness (QED) is 0.644. The summed E-state index contributed by atoms with van der Waals surface area (Å²) in [5.41, 5.74) is 1.53. The Balaban J connectivity index is 1.36. The van der Waals surface area contributed by atoms with Crippen LogP contribution in [0.2, 0.25) is 0 Å². The van der Waals surface area contributed by atoms with Gasteiger partial charge in [-0.2, -0.15) is 0 Å². The van der Waals surface area contributed by atoms with Gasteiger partial charge in [0.05, 0.1) is 6.54 Å². The molecule has 1 unspecified atom stereocenters. The third-order valence-electron chi connectivity index (χ3n) is 4.60. The molecule has 3 aromatic rings. The van der Waals surface area contributed by atoms with Gasteiger partial charge in [-0.15, -0.1) is 0 Å². The maximum atomic E-state index is 12.9. The average Bonchev–Trinajstić information content (AvgIpc) is 2.78. The molecule has 29 heavy (non-hydrogen) atoms. The summed E-state index contributed by atoms with van der Waals surface area (Å²) in [6.07, 6.45) is 3.26. The van der Waals surface area contributed by atoms with Gasteiger partial charge < -0.3 is 19.1 Å². The topological polar surface area (TPSA) is 60.9 Å². The lowest BCUT2D eigenvalue weighted by molar-refractivity contribution is 0.0520. The molecule has 6 heteroatoms. The summed E-state index contributed by atoms with van der Waals surface area (Å²) >= 11 is 0. The van der Waals surface area contributed by atoms with E-state index in [0.717, 1.165) is 11.3 Å². The van der Waals surface area contributed by atoms with Crippen LogP contribution in [0.3, 0.4) is 0 Å². The van der Waals surface area contributed by atoms with Crippen LogP contribution in [0.5, 0.6) is 17.2 Å². The number of rotatable bonds is 6. The van der Waals surface area contributed by atoms with Gasteiger partial charge >= 0.3 is 0 Å². The molecule has 0 spiro atoms. The van der Waals surface area contributed by atoms with Gasteiger partial charge in [0.15, 0.2) is 17.6 Å². The van der Waals surface area contributed by atoms with Gasteiger partial charge in [0, 0.05) is 30.6 Å². The minimum absolute atomic E-state index is 0.0979. The van der Waals surface area contributed by atoms with E-state index in [1.807, 2.05) is 48.5 Å². The first-order chi connectivity index (χ1) is 14.2. The largest absolute Gasteiger partial charge is 0.489 e. The van der Waals surface area contributed by atoms with E-state index < -0.39 is 0 Å². The highest BCUT2D eigenvalue weighted by molar-refractivity contribution is 5.94. The lowest BCUT2D eigenvalue weighted by Gasteiger charge is -2.29. The van der Waals surface area contributed by atoms with Crippen LogP contribution >= 0.6 is 0 Å². The molecular weight excluding hydrogens is 368 g/mol. The number of fused-ring (bicyclic) bond motifs is 1. The number of carbonyl (C=O) groups is 1. The summed E-state index contributed by atoms with van der Waals surface area (Å²) < 4.78 is 17.5. The molecule has 0 radical (unpaired) electrons. The second kappa shape index (κ2) is 8.65. The minimum Gasteiger partial charge on any atom is -0.489 e. The summed E-state index contributed by atoms with van der Waals surface area (Å²) in [5, 5.41) is 0. The predicted molar refractivity (Wildman–Crippen MR) is 108 cm³/mol. The zero-order valence-corrected chi connectivity index (χ0v) is 16.2. The van der Waals surface area contributed by atoms with Gasteiger partial charge in [0.2, 0.25) is 0 Å². The van der Waals surface area contributed by atoms with Gasteiger partial charge in [-0.1, -0.05) is 24.3 Å². The van der Waals surface area contributed by atoms with E-state index in [-0.39, 0.29) is 12.0 Å². The van der Waals surface area contributed by atoms with E-state index in [1.165, 1.54) is 0 Å². The number of carbonyl (C=O) groups excluding carboxylic acids is 1. The van der Waals surface area contributed by atoms with Crippen molar-refractivity contribution < 1.29 is 19.0 Å². The lowest BCUT2D eigenvalue weighted by Crippen LogP contribution is -2.41. The number of ether oxygens (including phenoxy) is 3. The van der Waals surface area contributed by atoms with Crippen molar-refractivity contribution in [1.29, 1.82) is 0 Å². The lowest BCUT2D eigenvalue weighted by atomic mass is 10.2. The first kappa shape index (κ1) is 18.8. The molecule has 0 N–H and O–H groups in total. The van der Waals surface area contributed by atoms with E-state index in [2.05, 4.69) is 4.98 Å². The molecule has 0 saturated carbocycles. The van der Waals surface area contributed by atoms with Gasteiger partial charge in [0.25, 0.3) is 5.91 Å². The molecule has 2 aromatic carbocycles. The smallest absolute Gasteiger partial charge is 0.253 e. The highest BCUT2D eigenvalue weighted by Crippen LogP contribution is 2.31. The summed E-state index contributed by atoms with van der Waals surface area (Å²) in [7, 11) is 1.76. The van der Waals surface area contributed by atoms with Crippen molar-refractivity contribution >= 4 is 5.91 Å². The fourth-order valence-corrected chi connectivity index (χ4v) is 3.13. The molecule has 2 heterocycles. The van der Waals surface area contributed by atoms with Crippen LogP contribution in [-0.2, 0) is 6.61 Å². The molecule has 1 aromatic heterocycles. The fourth-order valence-electron chi connectivity index (χ4n) is 3.13. The number of amides is 1. The van der Waals surface area contributed by atoms with Crippen LogP contribution in [0.4, 0.5) is 0 Å². The van der Waals surface area contributed by atoms with Crippen molar-refractivity contribution in [3.63, 3.8) is 0 Å². The van der Waals surface area contributed by atoms with Crippen molar-refractivity contribution in [2.45, 2.75) is 12.7 Å². The molecule has 6 nitrogen and oxygen atoms in total. The number of hydrogen-bond acceptors (Lipinski definition) is 5. The van der Waals surface area contributed by atoms with Crippen LogP contribution in [-0.4, -0.2) is 42.1 Å². The highest BCUT2D eigenvalue weighted by Gasteiger charge is 2.24. The number of likely N-dealkylation sites (N-methyl/N-ethyl adjacent to an activating group) is 1. The van der Waals surface area contributed by atoms with Crippen molar-refractivity contribution in [1.82, 2.24) is 9.88 Å². The second-order valence-electron chi connectivity index (χ2n) is 6.86. The number of benzene rings is 2. The van der Waals surface area contributed by atoms with Crippen LogP contribution in [0.1, 0.15) is 15.9 Å². The average molecular weight is 390 g/mol. The third kappa shape index (κ3) is 4.66. The van der Waals surface area contributed by atoms with Crippen molar-refractivity contribution in [2.75, 3.05) is 20.2 Å². The number of para-hydroxylation sites is 2. The van der Waals surface area contributed by atoms with Gasteiger partial charge in [0.1, 0.15) is 19.0 Å². The molecule has 1 aliphatic rings. The maximum Gasteiger partial charge on any atom is 0.253 e. The van der Waals surface area contributed by atoms with Crippen molar-refractivity contribution in [3.8, 4) is 17.2 Å². The first-order valence-electron chi connectivity index (χ1n) is 9.45. The van der Waals surface area contributed by atoms with Crippen LogP contribution in [0.25, 0.3) is 0 Å². The Hall–Kier alpha value is -3.54. The van der Waals surface area contributed by atoms with E-state index >= 15 is 0 Å². The van der Waals surface area contributed by atoms with E-state index in [1.54, 1.807) is 36.5 Å². The molecule has 0 bridgehead atoms. The molecule has 0 saturated heterocycles. The van der Waals surface area contributed by atoms with Gasteiger partial charge in [-0.25, -0.2) is 0 Å². The molecule has 1 amide bonds. The van der Waals surface area contributed by atoms with Crippen LogP contribution < -0.4 is 14.2 Å². The summed E-state index contributed by atoms with van der Waals surface area (Å²) in [6.45, 7) is 1.23. The molecule has 4 rings (SSSR count). The summed E-state index contributed by atoms with van der Waals surface area (Å²) in [6, 6.07) is 18.5. The van der Waals surface area contributed by atoms with E-state index in [0.29, 0.717) is 36.8 Å². The third-order valence-corrected chi connectivity index (χ3v) is 4.60. The zero-order chi connectivity index (χ0) is 20.1. The molecule has 0 fully saturated rings.